The van der Waals surface area contributed by atoms with Gasteiger partial charge >= 0.3 is 5.97 Å². The highest BCUT2D eigenvalue weighted by molar-refractivity contribution is 5.75. The number of carbonyl (C=O) groups is 1. The molecule has 7 heteroatoms. The minimum absolute atomic E-state index is 0.187. The molecule has 2 aromatic carbocycles. The lowest BCUT2D eigenvalue weighted by atomic mass is 10.1. The molecule has 0 N–H and O–H groups in total. The van der Waals surface area contributed by atoms with Crippen LogP contribution < -0.4 is 28.4 Å². The summed E-state index contributed by atoms with van der Waals surface area (Å²) in [4.78, 5) is 12.2. The van der Waals surface area contributed by atoms with Gasteiger partial charge in [0.2, 0.25) is 13.6 Å². The van der Waals surface area contributed by atoms with Crippen molar-refractivity contribution < 1.29 is 33.2 Å². The van der Waals surface area contributed by atoms with E-state index in [9.17, 15) is 4.79 Å². The van der Waals surface area contributed by atoms with E-state index in [2.05, 4.69) is 0 Å². The van der Waals surface area contributed by atoms with Crippen LogP contribution >= 0.6 is 0 Å². The van der Waals surface area contributed by atoms with Gasteiger partial charge in [-0.25, -0.2) is 0 Å². The van der Waals surface area contributed by atoms with Crippen LogP contribution in [0.4, 0.5) is 0 Å². The summed E-state index contributed by atoms with van der Waals surface area (Å²) in [5.74, 6) is 3.30. The average Bonchev–Trinajstić information content (AvgIpc) is 3.33. The summed E-state index contributed by atoms with van der Waals surface area (Å²) in [7, 11) is 0. The van der Waals surface area contributed by atoms with E-state index in [1.807, 2.05) is 19.1 Å². The van der Waals surface area contributed by atoms with Gasteiger partial charge in [-0.1, -0.05) is 6.92 Å². The Hall–Kier alpha value is -3.09. The Morgan fingerprint density at radius 3 is 2.22 bits per heavy atom. The monoisotopic (exact) mass is 372 g/mol. The van der Waals surface area contributed by atoms with Crippen molar-refractivity contribution in [3.8, 4) is 34.5 Å². The molecule has 0 amide bonds. The largest absolute Gasteiger partial charge is 0.493 e. The molecule has 2 aliphatic heterocycles. The third-order valence-corrected chi connectivity index (χ3v) is 4.36. The molecule has 27 heavy (non-hydrogen) atoms. The Morgan fingerprint density at radius 2 is 1.52 bits per heavy atom. The normalized spacial score (nSPS) is 14.7. The van der Waals surface area contributed by atoms with Crippen LogP contribution in [-0.4, -0.2) is 26.2 Å². The van der Waals surface area contributed by atoms with Gasteiger partial charge in [-0.15, -0.1) is 0 Å². The molecular weight excluding hydrogens is 352 g/mol. The molecule has 0 radical (unpaired) electrons. The van der Waals surface area contributed by atoms with E-state index >= 15 is 0 Å². The molecule has 7 nitrogen and oxygen atoms in total. The number of carbonyl (C=O) groups excluding carboxylic acids is 1. The highest BCUT2D eigenvalue weighted by atomic mass is 16.7. The van der Waals surface area contributed by atoms with Crippen LogP contribution in [0.15, 0.2) is 36.4 Å². The van der Waals surface area contributed by atoms with Gasteiger partial charge in [0, 0.05) is 12.1 Å². The van der Waals surface area contributed by atoms with Gasteiger partial charge in [0.25, 0.3) is 0 Å². The Balaban J connectivity index is 1.21. The summed E-state index contributed by atoms with van der Waals surface area (Å²) in [6.45, 7) is 2.77. The Kier molecular flexibility index (Phi) is 4.91. The molecular formula is C20H20O7. The molecule has 1 atom stereocenters. The number of hydrogen-bond acceptors (Lipinski definition) is 7. The van der Waals surface area contributed by atoms with E-state index in [-0.39, 0.29) is 25.5 Å². The summed E-state index contributed by atoms with van der Waals surface area (Å²) >= 11 is 0. The molecule has 0 aromatic heterocycles. The topological polar surface area (TPSA) is 72.5 Å². The molecule has 142 valence electrons. The summed E-state index contributed by atoms with van der Waals surface area (Å²) in [5.41, 5.74) is 0. The van der Waals surface area contributed by atoms with Crippen molar-refractivity contribution in [3.63, 3.8) is 0 Å². The molecule has 0 aliphatic carbocycles. The van der Waals surface area contributed by atoms with Gasteiger partial charge in [0.1, 0.15) is 11.5 Å². The number of benzene rings is 2. The number of hydrogen-bond donors (Lipinski definition) is 0. The second-order valence-electron chi connectivity index (χ2n) is 6.34. The minimum atomic E-state index is -0.281. The summed E-state index contributed by atoms with van der Waals surface area (Å²) < 4.78 is 32.2. The van der Waals surface area contributed by atoms with E-state index in [1.165, 1.54) is 0 Å². The van der Waals surface area contributed by atoms with E-state index in [0.717, 1.165) is 17.9 Å². The summed E-state index contributed by atoms with van der Waals surface area (Å²) in [6.07, 6.45) is 1.39. The summed E-state index contributed by atoms with van der Waals surface area (Å²) in [6, 6.07) is 10.6. The Morgan fingerprint density at radius 1 is 0.926 bits per heavy atom. The average molecular weight is 372 g/mol. The SMILES string of the molecule is CC(CCCOc1ccc2c(c1)OCO2)C(=O)Oc1ccc2c(c1)OCO2. The van der Waals surface area contributed by atoms with Gasteiger partial charge in [0.05, 0.1) is 12.5 Å². The van der Waals surface area contributed by atoms with Gasteiger partial charge in [0.15, 0.2) is 23.0 Å². The second-order valence-corrected chi connectivity index (χ2v) is 6.34. The zero-order chi connectivity index (χ0) is 18.6. The van der Waals surface area contributed by atoms with Crippen LogP contribution in [0.3, 0.4) is 0 Å². The van der Waals surface area contributed by atoms with Gasteiger partial charge in [-0.3, -0.25) is 4.79 Å². The highest BCUT2D eigenvalue weighted by Crippen LogP contribution is 2.36. The zero-order valence-electron chi connectivity index (χ0n) is 14.9. The fraction of sp³-hybridized carbons (Fsp3) is 0.350. The van der Waals surface area contributed by atoms with E-state index in [1.54, 1.807) is 24.3 Å². The molecule has 2 aliphatic rings. The number of ether oxygens (including phenoxy) is 6. The van der Waals surface area contributed by atoms with Crippen molar-refractivity contribution in [1.82, 2.24) is 0 Å². The molecule has 0 saturated carbocycles. The van der Waals surface area contributed by atoms with Gasteiger partial charge in [-0.2, -0.15) is 0 Å². The molecule has 0 saturated heterocycles. The first-order valence-corrected chi connectivity index (χ1v) is 8.83. The van der Waals surface area contributed by atoms with Crippen molar-refractivity contribution in [1.29, 1.82) is 0 Å². The molecule has 0 spiro atoms. The van der Waals surface area contributed by atoms with E-state index in [0.29, 0.717) is 36.0 Å². The lowest BCUT2D eigenvalue weighted by Crippen LogP contribution is -2.18. The maximum Gasteiger partial charge on any atom is 0.314 e. The third kappa shape index (κ3) is 4.02. The smallest absolute Gasteiger partial charge is 0.314 e. The first-order valence-electron chi connectivity index (χ1n) is 8.83. The standard InChI is InChI=1S/C20H20O7/c1-13(20(21)27-15-5-7-17-19(10-15)26-12-24-17)3-2-8-22-14-4-6-16-18(9-14)25-11-23-16/h4-7,9-10,13H,2-3,8,11-12H2,1H3. The molecule has 2 aromatic rings. The van der Waals surface area contributed by atoms with Crippen LogP contribution in [-0.2, 0) is 4.79 Å². The maximum atomic E-state index is 12.2. The zero-order valence-corrected chi connectivity index (χ0v) is 14.9. The lowest BCUT2D eigenvalue weighted by Gasteiger charge is -2.12. The van der Waals surface area contributed by atoms with Crippen molar-refractivity contribution >= 4 is 5.97 Å². The number of rotatable bonds is 7. The molecule has 1 unspecified atom stereocenters. The minimum Gasteiger partial charge on any atom is -0.493 e. The van der Waals surface area contributed by atoms with Crippen LogP contribution in [0.2, 0.25) is 0 Å². The van der Waals surface area contributed by atoms with Gasteiger partial charge in [-0.05, 0) is 37.1 Å². The van der Waals surface area contributed by atoms with Crippen molar-refractivity contribution in [2.75, 3.05) is 20.2 Å². The molecule has 0 fully saturated rings. The van der Waals surface area contributed by atoms with Crippen molar-refractivity contribution in [2.24, 2.45) is 5.92 Å². The highest BCUT2D eigenvalue weighted by Gasteiger charge is 2.19. The van der Waals surface area contributed by atoms with Crippen molar-refractivity contribution in [3.05, 3.63) is 36.4 Å². The van der Waals surface area contributed by atoms with Crippen LogP contribution in [0.25, 0.3) is 0 Å². The Labute approximate surface area is 156 Å². The molecule has 0 bridgehead atoms. The van der Waals surface area contributed by atoms with Crippen molar-refractivity contribution in [2.45, 2.75) is 19.8 Å². The van der Waals surface area contributed by atoms with E-state index < -0.39 is 0 Å². The number of esters is 1. The first kappa shape index (κ1) is 17.3. The molecule has 4 rings (SSSR count). The molecule has 2 heterocycles. The first-order chi connectivity index (χ1) is 13.2. The third-order valence-electron chi connectivity index (χ3n) is 4.36. The van der Waals surface area contributed by atoms with Crippen LogP contribution in [0.1, 0.15) is 19.8 Å². The lowest BCUT2D eigenvalue weighted by molar-refractivity contribution is -0.138. The predicted molar refractivity (Wildman–Crippen MR) is 94.7 cm³/mol. The fourth-order valence-corrected chi connectivity index (χ4v) is 2.82. The quantitative estimate of drug-likeness (QED) is 0.418. The maximum absolute atomic E-state index is 12.2. The van der Waals surface area contributed by atoms with Gasteiger partial charge < -0.3 is 28.4 Å². The number of fused-ring (bicyclic) bond motifs is 2. The van der Waals surface area contributed by atoms with Crippen LogP contribution in [0, 0.1) is 5.92 Å². The predicted octanol–water partition coefficient (Wildman–Crippen LogP) is 3.54. The van der Waals surface area contributed by atoms with Crippen LogP contribution in [0.5, 0.6) is 34.5 Å². The summed E-state index contributed by atoms with van der Waals surface area (Å²) in [5, 5.41) is 0. The fourth-order valence-electron chi connectivity index (χ4n) is 2.82. The second kappa shape index (κ2) is 7.65. The Bertz CT molecular complexity index is 833. The van der Waals surface area contributed by atoms with E-state index in [4.69, 9.17) is 28.4 Å².